The maximum atomic E-state index is 12.5. The Kier molecular flexibility index (Phi) is 6.15. The summed E-state index contributed by atoms with van der Waals surface area (Å²) in [6, 6.07) is 17.5. The monoisotopic (exact) mass is 463 g/mol. The molecule has 0 atom stereocenters. The van der Waals surface area contributed by atoms with Crippen molar-refractivity contribution in [2.45, 2.75) is 33.4 Å². The first kappa shape index (κ1) is 22.5. The van der Waals surface area contributed by atoms with E-state index in [1.165, 1.54) is 0 Å². The van der Waals surface area contributed by atoms with Crippen LogP contribution in [0.1, 0.15) is 28.1 Å². The normalized spacial score (nSPS) is 11.4. The standard InChI is InChI=1S/C24H25N5O3S/c1-16-5-7-20(8-6-16)15-33(30,31)28-21-9-11-22(12-10-21)32-24-14-13-23(25-26-24)29-19(4)17(2)18(3)27-29/h5-14,28H,15H2,1-4H3. The van der Waals surface area contributed by atoms with E-state index in [9.17, 15) is 8.42 Å². The van der Waals surface area contributed by atoms with Crippen LogP contribution in [0.2, 0.25) is 0 Å². The van der Waals surface area contributed by atoms with Crippen molar-refractivity contribution in [1.29, 1.82) is 0 Å². The molecule has 170 valence electrons. The van der Waals surface area contributed by atoms with Crippen molar-refractivity contribution in [1.82, 2.24) is 20.0 Å². The fraction of sp³-hybridized carbons (Fsp3) is 0.208. The van der Waals surface area contributed by atoms with Crippen LogP contribution < -0.4 is 9.46 Å². The number of anilines is 1. The lowest BCUT2D eigenvalue weighted by Gasteiger charge is -2.10. The van der Waals surface area contributed by atoms with Crippen molar-refractivity contribution >= 4 is 15.7 Å². The molecule has 0 aliphatic rings. The summed E-state index contributed by atoms with van der Waals surface area (Å²) in [7, 11) is -3.53. The average Bonchev–Trinajstić information content (AvgIpc) is 3.04. The lowest BCUT2D eigenvalue weighted by Crippen LogP contribution is -2.15. The van der Waals surface area contributed by atoms with Gasteiger partial charge >= 0.3 is 0 Å². The largest absolute Gasteiger partial charge is 0.438 e. The quantitative estimate of drug-likeness (QED) is 0.429. The van der Waals surface area contributed by atoms with Gasteiger partial charge < -0.3 is 4.74 Å². The van der Waals surface area contributed by atoms with Gasteiger partial charge in [-0.1, -0.05) is 29.8 Å². The van der Waals surface area contributed by atoms with Crippen molar-refractivity contribution in [3.05, 3.63) is 88.7 Å². The van der Waals surface area contributed by atoms with E-state index in [1.54, 1.807) is 41.1 Å². The molecule has 0 amide bonds. The van der Waals surface area contributed by atoms with Crippen LogP contribution >= 0.6 is 0 Å². The fourth-order valence-electron chi connectivity index (χ4n) is 3.26. The van der Waals surface area contributed by atoms with Gasteiger partial charge in [0.15, 0.2) is 5.82 Å². The van der Waals surface area contributed by atoms with E-state index in [2.05, 4.69) is 20.0 Å². The predicted molar refractivity (Wildman–Crippen MR) is 127 cm³/mol. The topological polar surface area (TPSA) is 99.0 Å². The third-order valence-corrected chi connectivity index (χ3v) is 6.58. The second-order valence-corrected chi connectivity index (χ2v) is 9.63. The molecule has 33 heavy (non-hydrogen) atoms. The first-order chi connectivity index (χ1) is 15.7. The van der Waals surface area contributed by atoms with E-state index in [1.807, 2.05) is 52.0 Å². The predicted octanol–water partition coefficient (Wildman–Crippen LogP) is 4.63. The average molecular weight is 464 g/mol. The zero-order valence-electron chi connectivity index (χ0n) is 18.9. The number of benzene rings is 2. The van der Waals surface area contributed by atoms with Gasteiger partial charge in [-0.25, -0.2) is 13.1 Å². The number of nitrogens with one attached hydrogen (secondary N) is 1. The summed E-state index contributed by atoms with van der Waals surface area (Å²) in [5.74, 6) is 1.35. The molecule has 0 radical (unpaired) electrons. The van der Waals surface area contributed by atoms with Gasteiger partial charge in [0.2, 0.25) is 15.9 Å². The summed E-state index contributed by atoms with van der Waals surface area (Å²) in [4.78, 5) is 0. The molecule has 0 aliphatic carbocycles. The minimum absolute atomic E-state index is 0.0950. The summed E-state index contributed by atoms with van der Waals surface area (Å²) in [6.07, 6.45) is 0. The second kappa shape index (κ2) is 9.03. The molecule has 0 fully saturated rings. The van der Waals surface area contributed by atoms with Gasteiger partial charge in [0.1, 0.15) is 5.75 Å². The van der Waals surface area contributed by atoms with Gasteiger partial charge in [0.25, 0.3) is 0 Å². The number of hydrogen-bond donors (Lipinski definition) is 1. The van der Waals surface area contributed by atoms with Crippen LogP contribution in [0.5, 0.6) is 11.6 Å². The first-order valence-corrected chi connectivity index (χ1v) is 12.1. The van der Waals surface area contributed by atoms with Crippen molar-refractivity contribution in [2.24, 2.45) is 0 Å². The van der Waals surface area contributed by atoms with Crippen molar-refractivity contribution < 1.29 is 13.2 Å². The van der Waals surface area contributed by atoms with Crippen molar-refractivity contribution in [3.8, 4) is 17.4 Å². The first-order valence-electron chi connectivity index (χ1n) is 10.4. The summed E-state index contributed by atoms with van der Waals surface area (Å²) in [6.45, 7) is 7.92. The zero-order valence-corrected chi connectivity index (χ0v) is 19.7. The second-order valence-electron chi connectivity index (χ2n) is 7.91. The van der Waals surface area contributed by atoms with E-state index in [0.717, 1.165) is 28.1 Å². The maximum Gasteiger partial charge on any atom is 0.238 e. The third kappa shape index (κ3) is 5.38. The summed E-state index contributed by atoms with van der Waals surface area (Å²) < 4.78 is 35.0. The van der Waals surface area contributed by atoms with E-state index >= 15 is 0 Å². The highest BCUT2D eigenvalue weighted by Gasteiger charge is 2.13. The molecule has 8 nitrogen and oxygen atoms in total. The van der Waals surface area contributed by atoms with E-state index in [0.29, 0.717) is 23.1 Å². The third-order valence-electron chi connectivity index (χ3n) is 5.32. The summed E-state index contributed by atoms with van der Waals surface area (Å²) >= 11 is 0. The highest BCUT2D eigenvalue weighted by atomic mass is 32.2. The van der Waals surface area contributed by atoms with E-state index < -0.39 is 10.0 Å². The zero-order chi connectivity index (χ0) is 23.6. The number of aryl methyl sites for hydroxylation is 2. The molecular formula is C24H25N5O3S. The fourth-order valence-corrected chi connectivity index (χ4v) is 4.45. The SMILES string of the molecule is Cc1ccc(CS(=O)(=O)Nc2ccc(Oc3ccc(-n4nc(C)c(C)c4C)nn3)cc2)cc1. The molecule has 2 aromatic heterocycles. The van der Waals surface area contributed by atoms with Gasteiger partial charge in [-0.2, -0.15) is 5.10 Å². The Bertz CT molecular complexity index is 1360. The van der Waals surface area contributed by atoms with Crippen LogP contribution in [0.4, 0.5) is 5.69 Å². The van der Waals surface area contributed by atoms with Crippen LogP contribution in [0.25, 0.3) is 5.82 Å². The molecule has 2 aromatic carbocycles. The van der Waals surface area contributed by atoms with Crippen LogP contribution in [0.3, 0.4) is 0 Å². The van der Waals surface area contributed by atoms with Crippen LogP contribution in [0.15, 0.2) is 60.7 Å². The summed E-state index contributed by atoms with van der Waals surface area (Å²) in [5, 5.41) is 12.8. The molecule has 9 heteroatoms. The Morgan fingerprint density at radius 1 is 0.879 bits per heavy atom. The molecule has 1 N–H and O–H groups in total. The van der Waals surface area contributed by atoms with E-state index in [-0.39, 0.29) is 5.75 Å². The Hall–Kier alpha value is -3.72. The molecule has 0 saturated carbocycles. The van der Waals surface area contributed by atoms with Crippen LogP contribution in [-0.2, 0) is 15.8 Å². The van der Waals surface area contributed by atoms with Crippen LogP contribution in [0, 0.1) is 27.7 Å². The van der Waals surface area contributed by atoms with Gasteiger partial charge in [-0.15, -0.1) is 10.2 Å². The summed E-state index contributed by atoms with van der Waals surface area (Å²) in [5.41, 5.74) is 5.34. The Morgan fingerprint density at radius 2 is 1.58 bits per heavy atom. The Labute approximate surface area is 193 Å². The lowest BCUT2D eigenvalue weighted by atomic mass is 10.2. The van der Waals surface area contributed by atoms with Crippen molar-refractivity contribution in [3.63, 3.8) is 0 Å². The number of ether oxygens (including phenoxy) is 1. The molecule has 2 heterocycles. The molecule has 4 aromatic rings. The number of nitrogens with zero attached hydrogens (tertiary/aromatic N) is 4. The highest BCUT2D eigenvalue weighted by molar-refractivity contribution is 7.91. The molecule has 0 saturated heterocycles. The molecular weight excluding hydrogens is 438 g/mol. The highest BCUT2D eigenvalue weighted by Crippen LogP contribution is 2.23. The molecule has 0 spiro atoms. The molecule has 0 unspecified atom stereocenters. The van der Waals surface area contributed by atoms with Gasteiger partial charge in [0.05, 0.1) is 11.4 Å². The number of hydrogen-bond acceptors (Lipinski definition) is 6. The molecule has 0 bridgehead atoms. The maximum absolute atomic E-state index is 12.5. The van der Waals surface area contributed by atoms with Gasteiger partial charge in [-0.3, -0.25) is 4.72 Å². The Morgan fingerprint density at radius 3 is 2.15 bits per heavy atom. The lowest BCUT2D eigenvalue weighted by molar-refractivity contribution is 0.454. The minimum atomic E-state index is -3.53. The van der Waals surface area contributed by atoms with Crippen molar-refractivity contribution in [2.75, 3.05) is 4.72 Å². The van der Waals surface area contributed by atoms with Gasteiger partial charge in [-0.05, 0) is 69.2 Å². The number of rotatable bonds is 7. The molecule has 0 aliphatic heterocycles. The molecule has 4 rings (SSSR count). The van der Waals surface area contributed by atoms with Gasteiger partial charge in [0, 0.05) is 17.4 Å². The smallest absolute Gasteiger partial charge is 0.238 e. The van der Waals surface area contributed by atoms with E-state index in [4.69, 9.17) is 4.74 Å². The minimum Gasteiger partial charge on any atom is -0.438 e. The Balaban J connectivity index is 1.40. The number of sulfonamides is 1. The number of aromatic nitrogens is 4. The van der Waals surface area contributed by atoms with Crippen LogP contribution in [-0.4, -0.2) is 28.4 Å².